The number of halogens is 1. The van der Waals surface area contributed by atoms with E-state index in [4.69, 9.17) is 17.3 Å². The van der Waals surface area contributed by atoms with Gasteiger partial charge in [0.05, 0.1) is 7.11 Å². The van der Waals surface area contributed by atoms with Crippen molar-refractivity contribution in [1.82, 2.24) is 0 Å². The smallest absolute Gasteiger partial charge is 0.341 e. The summed E-state index contributed by atoms with van der Waals surface area (Å²) in [6, 6.07) is 0. The number of hydrogen-bond acceptors (Lipinski definition) is 3. The second-order valence-corrected chi connectivity index (χ2v) is 2.35. The lowest BCUT2D eigenvalue weighted by atomic mass is 10.4. The largest absolute Gasteiger partial charge is 0.467 e. The maximum atomic E-state index is 10.4. The molecule has 0 aromatic rings. The van der Waals surface area contributed by atoms with Gasteiger partial charge in [0.1, 0.15) is 0 Å². The van der Waals surface area contributed by atoms with Gasteiger partial charge in [-0.15, -0.1) is 0 Å². The van der Waals surface area contributed by atoms with E-state index in [2.05, 4.69) is 4.74 Å². The summed E-state index contributed by atoms with van der Waals surface area (Å²) in [5, 5.41) is 0. The van der Waals surface area contributed by atoms with Gasteiger partial charge in [-0.05, 0) is 6.92 Å². The molecule has 0 aromatic carbocycles. The molecule has 0 rings (SSSR count). The highest BCUT2D eigenvalue weighted by molar-refractivity contribution is 6.33. The third-order valence-corrected chi connectivity index (χ3v) is 0.739. The molecule has 0 unspecified atom stereocenters. The van der Waals surface area contributed by atoms with Crippen molar-refractivity contribution in [2.75, 3.05) is 7.11 Å². The van der Waals surface area contributed by atoms with E-state index in [0.717, 1.165) is 0 Å². The highest BCUT2D eigenvalue weighted by Gasteiger charge is 2.25. The van der Waals surface area contributed by atoms with Crippen LogP contribution in [0.1, 0.15) is 6.92 Å². The van der Waals surface area contributed by atoms with Gasteiger partial charge in [-0.2, -0.15) is 0 Å². The molecule has 4 heteroatoms. The number of hydrogen-bond donors (Lipinski definition) is 1. The molecule has 0 aliphatic carbocycles. The first-order valence-electron chi connectivity index (χ1n) is 2.04. The number of alkyl halides is 1. The normalized spacial score (nSPS) is 17.0. The fourth-order valence-electron chi connectivity index (χ4n) is 0.200. The van der Waals surface area contributed by atoms with E-state index in [1.165, 1.54) is 14.0 Å². The number of esters is 1. The zero-order chi connectivity index (χ0) is 6.78. The first-order valence-corrected chi connectivity index (χ1v) is 2.42. The number of carbonyl (C=O) groups is 1. The van der Waals surface area contributed by atoms with Crippen LogP contribution in [-0.4, -0.2) is 18.1 Å². The van der Waals surface area contributed by atoms with Crippen LogP contribution in [-0.2, 0) is 9.53 Å². The molecular formula is C4H8ClNO2. The quantitative estimate of drug-likeness (QED) is 0.316. The topological polar surface area (TPSA) is 52.3 Å². The Morgan fingerprint density at radius 2 is 2.25 bits per heavy atom. The average Bonchev–Trinajstić information content (AvgIpc) is 1.62. The van der Waals surface area contributed by atoms with Gasteiger partial charge in [-0.25, -0.2) is 4.79 Å². The summed E-state index contributed by atoms with van der Waals surface area (Å²) < 4.78 is 4.22. The molecule has 2 N–H and O–H groups in total. The Morgan fingerprint density at radius 3 is 2.25 bits per heavy atom. The van der Waals surface area contributed by atoms with Crippen molar-refractivity contribution >= 4 is 17.6 Å². The SMILES string of the molecule is COC(=O)[C@](C)(N)Cl. The minimum atomic E-state index is -1.38. The highest BCUT2D eigenvalue weighted by atomic mass is 35.5. The fourth-order valence-corrected chi connectivity index (χ4v) is 0.277. The molecule has 0 spiro atoms. The summed E-state index contributed by atoms with van der Waals surface area (Å²) in [5.41, 5.74) is 5.08. The lowest BCUT2D eigenvalue weighted by molar-refractivity contribution is -0.143. The monoisotopic (exact) mass is 137 g/mol. The Hall–Kier alpha value is -0.280. The zero-order valence-corrected chi connectivity index (χ0v) is 5.53. The number of nitrogens with two attached hydrogens (primary N) is 1. The van der Waals surface area contributed by atoms with Crippen LogP contribution in [0.2, 0.25) is 0 Å². The summed E-state index contributed by atoms with van der Waals surface area (Å²) in [6.07, 6.45) is 0. The van der Waals surface area contributed by atoms with Crippen LogP contribution in [0.5, 0.6) is 0 Å². The third kappa shape index (κ3) is 2.14. The third-order valence-electron chi connectivity index (χ3n) is 0.585. The van der Waals surface area contributed by atoms with E-state index in [-0.39, 0.29) is 0 Å². The Kier molecular flexibility index (Phi) is 2.25. The molecule has 8 heavy (non-hydrogen) atoms. The van der Waals surface area contributed by atoms with Crippen molar-refractivity contribution in [1.29, 1.82) is 0 Å². The molecule has 1 atom stereocenters. The van der Waals surface area contributed by atoms with Gasteiger partial charge in [-0.1, -0.05) is 11.6 Å². The molecule has 0 aromatic heterocycles. The maximum absolute atomic E-state index is 10.4. The minimum Gasteiger partial charge on any atom is -0.467 e. The number of methoxy groups -OCH3 is 1. The first kappa shape index (κ1) is 7.72. The van der Waals surface area contributed by atoms with Gasteiger partial charge in [-0.3, -0.25) is 0 Å². The van der Waals surface area contributed by atoms with E-state index in [0.29, 0.717) is 0 Å². The number of carbonyl (C=O) groups excluding carboxylic acids is 1. The zero-order valence-electron chi connectivity index (χ0n) is 4.77. The van der Waals surface area contributed by atoms with Gasteiger partial charge in [0.2, 0.25) is 0 Å². The average molecular weight is 138 g/mol. The van der Waals surface area contributed by atoms with Crippen LogP contribution in [0, 0.1) is 0 Å². The Labute approximate surface area is 52.8 Å². The molecule has 3 nitrogen and oxygen atoms in total. The summed E-state index contributed by atoms with van der Waals surface area (Å²) in [5.74, 6) is -0.626. The van der Waals surface area contributed by atoms with E-state index in [9.17, 15) is 4.79 Å². The second kappa shape index (κ2) is 2.33. The van der Waals surface area contributed by atoms with Crippen molar-refractivity contribution in [2.24, 2.45) is 5.73 Å². The maximum Gasteiger partial charge on any atom is 0.341 e. The lowest BCUT2D eigenvalue weighted by Crippen LogP contribution is -2.39. The van der Waals surface area contributed by atoms with Gasteiger partial charge in [0.15, 0.2) is 5.00 Å². The summed E-state index contributed by atoms with van der Waals surface area (Å²) in [4.78, 5) is 8.97. The van der Waals surface area contributed by atoms with Gasteiger partial charge < -0.3 is 10.5 Å². The Bertz CT molecular complexity index is 96.7. The number of rotatable bonds is 1. The molecule has 0 aliphatic heterocycles. The molecule has 0 heterocycles. The van der Waals surface area contributed by atoms with Crippen LogP contribution >= 0.6 is 11.6 Å². The summed E-state index contributed by atoms with van der Waals surface area (Å²) in [7, 11) is 1.23. The predicted octanol–water partition coefficient (Wildman–Crippen LogP) is 0.0731. The Morgan fingerprint density at radius 1 is 1.88 bits per heavy atom. The first-order chi connectivity index (χ1) is 3.48. The molecule has 0 saturated carbocycles. The van der Waals surface area contributed by atoms with Crippen LogP contribution in [0.25, 0.3) is 0 Å². The molecule has 48 valence electrons. The van der Waals surface area contributed by atoms with Crippen LogP contribution in [0.15, 0.2) is 0 Å². The molecule has 0 bridgehead atoms. The molecule has 0 amide bonds. The van der Waals surface area contributed by atoms with Crippen molar-refractivity contribution in [3.63, 3.8) is 0 Å². The minimum absolute atomic E-state index is 0.626. The van der Waals surface area contributed by atoms with E-state index >= 15 is 0 Å². The molecule has 0 aliphatic rings. The lowest BCUT2D eigenvalue weighted by Gasteiger charge is -2.10. The van der Waals surface area contributed by atoms with Gasteiger partial charge >= 0.3 is 5.97 Å². The van der Waals surface area contributed by atoms with Gasteiger partial charge in [0.25, 0.3) is 0 Å². The van der Waals surface area contributed by atoms with Crippen molar-refractivity contribution in [3.8, 4) is 0 Å². The highest BCUT2D eigenvalue weighted by Crippen LogP contribution is 2.05. The van der Waals surface area contributed by atoms with Crippen molar-refractivity contribution in [2.45, 2.75) is 11.9 Å². The van der Waals surface area contributed by atoms with Gasteiger partial charge in [0, 0.05) is 0 Å². The van der Waals surface area contributed by atoms with E-state index in [1.807, 2.05) is 0 Å². The van der Waals surface area contributed by atoms with E-state index in [1.54, 1.807) is 0 Å². The van der Waals surface area contributed by atoms with Crippen LogP contribution < -0.4 is 5.73 Å². The van der Waals surface area contributed by atoms with E-state index < -0.39 is 11.0 Å². The summed E-state index contributed by atoms with van der Waals surface area (Å²) in [6.45, 7) is 1.36. The Balaban J connectivity index is 3.82. The standard InChI is InChI=1S/C4H8ClNO2/c1-4(5,6)3(7)8-2/h6H2,1-2H3/t4-/m0/s1. The van der Waals surface area contributed by atoms with Crippen molar-refractivity contribution < 1.29 is 9.53 Å². The molecule has 0 saturated heterocycles. The van der Waals surface area contributed by atoms with Crippen LogP contribution in [0.3, 0.4) is 0 Å². The second-order valence-electron chi connectivity index (χ2n) is 1.57. The summed E-state index contributed by atoms with van der Waals surface area (Å²) >= 11 is 5.29. The number of ether oxygens (including phenoxy) is 1. The molecule has 0 radical (unpaired) electrons. The fraction of sp³-hybridized carbons (Fsp3) is 0.750. The van der Waals surface area contributed by atoms with Crippen molar-refractivity contribution in [3.05, 3.63) is 0 Å². The molecular weight excluding hydrogens is 130 g/mol. The van der Waals surface area contributed by atoms with Crippen LogP contribution in [0.4, 0.5) is 0 Å². The molecule has 0 fully saturated rings. The predicted molar refractivity (Wildman–Crippen MR) is 30.5 cm³/mol.